The van der Waals surface area contributed by atoms with Crippen molar-refractivity contribution in [2.75, 3.05) is 0 Å². The molecule has 0 radical (unpaired) electrons. The molecule has 13 heavy (non-hydrogen) atoms. The van der Waals surface area contributed by atoms with Crippen molar-refractivity contribution < 1.29 is 4.79 Å². The van der Waals surface area contributed by atoms with Gasteiger partial charge in [-0.05, 0) is 6.07 Å². The van der Waals surface area contributed by atoms with Gasteiger partial charge in [-0.15, -0.1) is 11.3 Å². The number of aryl methyl sites for hydroxylation is 1. The van der Waals surface area contributed by atoms with Crippen molar-refractivity contribution >= 4 is 17.1 Å². The highest BCUT2D eigenvalue weighted by Gasteiger charge is 2.13. The number of nitrogens with zero attached hydrogens (tertiary/aromatic N) is 3. The Hall–Kier alpha value is -1.49. The van der Waals surface area contributed by atoms with E-state index in [9.17, 15) is 4.79 Å². The first kappa shape index (κ1) is 8.12. The van der Waals surface area contributed by atoms with E-state index < -0.39 is 0 Å². The Morgan fingerprint density at radius 1 is 1.62 bits per heavy atom. The fourth-order valence-corrected chi connectivity index (χ4v) is 1.58. The van der Waals surface area contributed by atoms with Gasteiger partial charge in [0.25, 0.3) is 0 Å². The van der Waals surface area contributed by atoms with Gasteiger partial charge < -0.3 is 0 Å². The molecule has 66 valence electrons. The van der Waals surface area contributed by atoms with Gasteiger partial charge in [0.2, 0.25) is 5.78 Å². The van der Waals surface area contributed by atoms with Gasteiger partial charge in [0.05, 0.1) is 5.51 Å². The summed E-state index contributed by atoms with van der Waals surface area (Å²) in [5.41, 5.74) is 2.68. The SMILES string of the molecule is Cn1nccc1C(=O)c1cscn1. The molecule has 2 aromatic rings. The average molecular weight is 193 g/mol. The van der Waals surface area contributed by atoms with Crippen LogP contribution >= 0.6 is 11.3 Å². The molecule has 0 saturated heterocycles. The summed E-state index contributed by atoms with van der Waals surface area (Å²) < 4.78 is 1.54. The molecule has 0 unspecified atom stereocenters. The van der Waals surface area contributed by atoms with Gasteiger partial charge in [-0.25, -0.2) is 4.98 Å². The average Bonchev–Trinajstić information content (AvgIpc) is 2.72. The van der Waals surface area contributed by atoms with E-state index in [0.717, 1.165) is 0 Å². The largest absolute Gasteiger partial charge is 0.285 e. The van der Waals surface area contributed by atoms with Crippen LogP contribution in [0.2, 0.25) is 0 Å². The van der Waals surface area contributed by atoms with E-state index >= 15 is 0 Å². The predicted octanol–water partition coefficient (Wildman–Crippen LogP) is 1.11. The fraction of sp³-hybridized carbons (Fsp3) is 0.125. The third kappa shape index (κ3) is 1.38. The lowest BCUT2D eigenvalue weighted by Crippen LogP contribution is -2.08. The molecule has 4 nitrogen and oxygen atoms in total. The normalized spacial score (nSPS) is 10.2. The van der Waals surface area contributed by atoms with E-state index in [1.165, 1.54) is 11.3 Å². The first-order valence-electron chi connectivity index (χ1n) is 3.70. The Balaban J connectivity index is 2.39. The first-order valence-corrected chi connectivity index (χ1v) is 4.64. The Kier molecular flexibility index (Phi) is 1.94. The third-order valence-corrected chi connectivity index (χ3v) is 2.30. The van der Waals surface area contributed by atoms with Crippen LogP contribution in [0.15, 0.2) is 23.2 Å². The number of rotatable bonds is 2. The highest BCUT2D eigenvalue weighted by Crippen LogP contribution is 2.08. The predicted molar refractivity (Wildman–Crippen MR) is 48.8 cm³/mol. The molecule has 2 rings (SSSR count). The zero-order valence-corrected chi connectivity index (χ0v) is 7.78. The number of hydrogen-bond donors (Lipinski definition) is 0. The van der Waals surface area contributed by atoms with Crippen molar-refractivity contribution in [3.8, 4) is 0 Å². The van der Waals surface area contributed by atoms with Crippen LogP contribution in [0.25, 0.3) is 0 Å². The fourth-order valence-electron chi connectivity index (χ4n) is 1.05. The highest BCUT2D eigenvalue weighted by atomic mass is 32.1. The van der Waals surface area contributed by atoms with Crippen LogP contribution in [0.4, 0.5) is 0 Å². The summed E-state index contributed by atoms with van der Waals surface area (Å²) in [5, 5.41) is 5.65. The lowest BCUT2D eigenvalue weighted by molar-refractivity contribution is 0.102. The first-order chi connectivity index (χ1) is 6.29. The van der Waals surface area contributed by atoms with Gasteiger partial charge in [0.15, 0.2) is 0 Å². The lowest BCUT2D eigenvalue weighted by atomic mass is 10.2. The summed E-state index contributed by atoms with van der Waals surface area (Å²) in [6.45, 7) is 0. The molecular weight excluding hydrogens is 186 g/mol. The van der Waals surface area contributed by atoms with Crippen molar-refractivity contribution in [3.05, 3.63) is 34.5 Å². The Bertz CT molecular complexity index is 418. The zero-order valence-electron chi connectivity index (χ0n) is 6.97. The minimum atomic E-state index is -0.0822. The second kappa shape index (κ2) is 3.10. The van der Waals surface area contributed by atoms with E-state index in [0.29, 0.717) is 11.4 Å². The summed E-state index contributed by atoms with van der Waals surface area (Å²) in [7, 11) is 1.74. The molecule has 5 heteroatoms. The number of thiazole rings is 1. The van der Waals surface area contributed by atoms with E-state index in [1.807, 2.05) is 0 Å². The molecule has 2 heterocycles. The van der Waals surface area contributed by atoms with Crippen LogP contribution in [0.5, 0.6) is 0 Å². The second-order valence-electron chi connectivity index (χ2n) is 2.54. The molecule has 0 aliphatic rings. The van der Waals surface area contributed by atoms with Crippen LogP contribution in [-0.2, 0) is 7.05 Å². The van der Waals surface area contributed by atoms with Crippen LogP contribution < -0.4 is 0 Å². The third-order valence-electron chi connectivity index (χ3n) is 1.72. The van der Waals surface area contributed by atoms with Gasteiger partial charge in [0.1, 0.15) is 11.4 Å². The van der Waals surface area contributed by atoms with Crippen molar-refractivity contribution in [1.82, 2.24) is 14.8 Å². The molecule has 0 atom stereocenters. The molecule has 0 aliphatic carbocycles. The summed E-state index contributed by atoms with van der Waals surface area (Å²) in [4.78, 5) is 15.6. The van der Waals surface area contributed by atoms with E-state index in [1.54, 1.807) is 34.9 Å². The quantitative estimate of drug-likeness (QED) is 0.671. The molecule has 0 aromatic carbocycles. The molecular formula is C8H7N3OS. The smallest absolute Gasteiger partial charge is 0.230 e. The maximum Gasteiger partial charge on any atom is 0.230 e. The molecule has 0 N–H and O–H groups in total. The Morgan fingerprint density at radius 2 is 2.46 bits per heavy atom. The number of carbonyl (C=O) groups excluding carboxylic acids is 1. The molecule has 0 saturated carbocycles. The minimum absolute atomic E-state index is 0.0822. The van der Waals surface area contributed by atoms with Gasteiger partial charge in [0, 0.05) is 18.6 Å². The molecule has 0 bridgehead atoms. The van der Waals surface area contributed by atoms with Crippen LogP contribution in [0.3, 0.4) is 0 Å². The van der Waals surface area contributed by atoms with Crippen LogP contribution in [-0.4, -0.2) is 20.5 Å². The molecule has 0 aliphatic heterocycles. The molecule has 0 amide bonds. The van der Waals surface area contributed by atoms with Crippen molar-refractivity contribution in [2.45, 2.75) is 0 Å². The topological polar surface area (TPSA) is 47.8 Å². The van der Waals surface area contributed by atoms with Gasteiger partial charge in [-0.1, -0.05) is 0 Å². The Morgan fingerprint density at radius 3 is 3.00 bits per heavy atom. The standard InChI is InChI=1S/C8H7N3OS/c1-11-7(2-3-10-11)8(12)6-4-13-5-9-6/h2-5H,1H3. The lowest BCUT2D eigenvalue weighted by Gasteiger charge is -1.96. The summed E-state index contributed by atoms with van der Waals surface area (Å²) in [6, 6.07) is 1.68. The molecule has 2 aromatic heterocycles. The van der Waals surface area contributed by atoms with E-state index in [-0.39, 0.29) is 5.78 Å². The summed E-state index contributed by atoms with van der Waals surface area (Å²) >= 11 is 1.41. The zero-order chi connectivity index (χ0) is 9.26. The monoisotopic (exact) mass is 193 g/mol. The van der Waals surface area contributed by atoms with Crippen LogP contribution in [0, 0.1) is 0 Å². The van der Waals surface area contributed by atoms with Crippen molar-refractivity contribution in [3.63, 3.8) is 0 Å². The van der Waals surface area contributed by atoms with Crippen molar-refractivity contribution in [1.29, 1.82) is 0 Å². The number of ketones is 1. The number of hydrogen-bond acceptors (Lipinski definition) is 4. The number of aromatic nitrogens is 3. The van der Waals surface area contributed by atoms with E-state index in [4.69, 9.17) is 0 Å². The van der Waals surface area contributed by atoms with Gasteiger partial charge >= 0.3 is 0 Å². The Labute approximate surface area is 78.8 Å². The highest BCUT2D eigenvalue weighted by molar-refractivity contribution is 7.07. The van der Waals surface area contributed by atoms with Crippen LogP contribution in [0.1, 0.15) is 16.2 Å². The van der Waals surface area contributed by atoms with Gasteiger partial charge in [-0.2, -0.15) is 5.10 Å². The maximum absolute atomic E-state index is 11.7. The van der Waals surface area contributed by atoms with E-state index in [2.05, 4.69) is 10.1 Å². The maximum atomic E-state index is 11.7. The number of carbonyl (C=O) groups is 1. The summed E-state index contributed by atoms with van der Waals surface area (Å²) in [6.07, 6.45) is 1.60. The molecule has 0 spiro atoms. The van der Waals surface area contributed by atoms with Gasteiger partial charge in [-0.3, -0.25) is 9.48 Å². The second-order valence-corrected chi connectivity index (χ2v) is 3.26. The summed E-state index contributed by atoms with van der Waals surface area (Å²) in [5.74, 6) is -0.0822. The molecule has 0 fully saturated rings. The van der Waals surface area contributed by atoms with Crippen molar-refractivity contribution in [2.24, 2.45) is 7.05 Å². The minimum Gasteiger partial charge on any atom is -0.285 e.